The Bertz CT molecular complexity index is 1080. The van der Waals surface area contributed by atoms with Crippen LogP contribution in [0.1, 0.15) is 37.9 Å². The molecule has 1 heterocycles. The van der Waals surface area contributed by atoms with E-state index in [2.05, 4.69) is 10.00 Å². The van der Waals surface area contributed by atoms with Crippen LogP contribution in [0.4, 0.5) is 8.78 Å². The van der Waals surface area contributed by atoms with E-state index in [9.17, 15) is 13.9 Å². The molecule has 1 atom stereocenters. The van der Waals surface area contributed by atoms with Gasteiger partial charge in [-0.3, -0.25) is 4.90 Å². The van der Waals surface area contributed by atoms with Crippen LogP contribution in [-0.4, -0.2) is 51.2 Å². The third kappa shape index (κ3) is 6.20. The standard InChI is InChI=1S/C26H31F2N3O3/c1-17(2)33-16-23(32)14-30(21-10-11-21)15-25-18(3)29-31(22-8-4-19(27)5-9-22)26(25)34-24-12-6-20(28)7-13-24/h4-9,12-13,17,21,23,32H,10-11,14-16H2,1-3H3. The summed E-state index contributed by atoms with van der Waals surface area (Å²) in [6.07, 6.45) is 1.57. The van der Waals surface area contributed by atoms with E-state index in [4.69, 9.17) is 9.47 Å². The van der Waals surface area contributed by atoms with Gasteiger partial charge in [0.05, 0.1) is 35.8 Å². The number of hydrogen-bond acceptors (Lipinski definition) is 5. The molecule has 1 aromatic heterocycles. The second-order valence-electron chi connectivity index (χ2n) is 9.01. The average molecular weight is 472 g/mol. The quantitative estimate of drug-likeness (QED) is 0.426. The fourth-order valence-electron chi connectivity index (χ4n) is 3.81. The first-order valence-electron chi connectivity index (χ1n) is 11.6. The Morgan fingerprint density at radius 2 is 1.68 bits per heavy atom. The van der Waals surface area contributed by atoms with Crippen molar-refractivity contribution in [2.45, 2.75) is 58.4 Å². The van der Waals surface area contributed by atoms with Gasteiger partial charge in [0.2, 0.25) is 5.88 Å². The van der Waals surface area contributed by atoms with E-state index in [1.54, 1.807) is 28.9 Å². The van der Waals surface area contributed by atoms with Gasteiger partial charge in [-0.1, -0.05) is 0 Å². The summed E-state index contributed by atoms with van der Waals surface area (Å²) in [6.45, 7) is 7.04. The molecule has 0 amide bonds. The van der Waals surface area contributed by atoms with Crippen LogP contribution in [0.5, 0.6) is 11.6 Å². The molecule has 1 aliphatic carbocycles. The minimum absolute atomic E-state index is 0.0518. The highest BCUT2D eigenvalue weighted by atomic mass is 19.1. The number of aliphatic hydroxyl groups is 1. The highest BCUT2D eigenvalue weighted by molar-refractivity contribution is 5.43. The van der Waals surface area contributed by atoms with Gasteiger partial charge in [-0.25, -0.2) is 13.5 Å². The van der Waals surface area contributed by atoms with Crippen LogP contribution < -0.4 is 4.74 Å². The zero-order valence-electron chi connectivity index (χ0n) is 19.7. The van der Waals surface area contributed by atoms with Gasteiger partial charge in [0, 0.05) is 19.1 Å². The summed E-state index contributed by atoms with van der Waals surface area (Å²) in [5.74, 6) is 0.253. The smallest absolute Gasteiger partial charge is 0.227 e. The summed E-state index contributed by atoms with van der Waals surface area (Å²) in [5.41, 5.74) is 2.27. The highest BCUT2D eigenvalue weighted by Gasteiger charge is 2.32. The molecule has 6 nitrogen and oxygen atoms in total. The van der Waals surface area contributed by atoms with Gasteiger partial charge >= 0.3 is 0 Å². The van der Waals surface area contributed by atoms with E-state index in [-0.39, 0.29) is 24.3 Å². The SMILES string of the molecule is Cc1nn(-c2ccc(F)cc2)c(Oc2ccc(F)cc2)c1CN(CC(O)COC(C)C)C1CC1. The summed E-state index contributed by atoms with van der Waals surface area (Å²) >= 11 is 0. The van der Waals surface area contributed by atoms with Crippen molar-refractivity contribution in [3.05, 3.63) is 71.4 Å². The molecule has 34 heavy (non-hydrogen) atoms. The second-order valence-corrected chi connectivity index (χ2v) is 9.01. The van der Waals surface area contributed by atoms with E-state index in [0.717, 1.165) is 24.1 Å². The fourth-order valence-corrected chi connectivity index (χ4v) is 3.81. The van der Waals surface area contributed by atoms with Crippen molar-refractivity contribution in [1.82, 2.24) is 14.7 Å². The maximum atomic E-state index is 13.5. The predicted octanol–water partition coefficient (Wildman–Crippen LogP) is 5.00. The molecule has 182 valence electrons. The van der Waals surface area contributed by atoms with Crippen LogP contribution in [-0.2, 0) is 11.3 Å². The first-order valence-corrected chi connectivity index (χ1v) is 11.6. The maximum Gasteiger partial charge on any atom is 0.227 e. The molecular formula is C26H31F2N3O3. The molecule has 1 N–H and O–H groups in total. The fraction of sp³-hybridized carbons (Fsp3) is 0.423. The molecule has 4 rings (SSSR count). The highest BCUT2D eigenvalue weighted by Crippen LogP contribution is 2.35. The molecule has 0 saturated heterocycles. The summed E-state index contributed by atoms with van der Waals surface area (Å²) < 4.78 is 40.4. The van der Waals surface area contributed by atoms with Crippen LogP contribution in [0.3, 0.4) is 0 Å². The lowest BCUT2D eigenvalue weighted by Gasteiger charge is -2.25. The lowest BCUT2D eigenvalue weighted by molar-refractivity contribution is -0.0107. The van der Waals surface area contributed by atoms with Gasteiger partial charge in [0.1, 0.15) is 17.4 Å². The largest absolute Gasteiger partial charge is 0.439 e. The molecular weight excluding hydrogens is 440 g/mol. The Kier molecular flexibility index (Phi) is 7.60. The molecule has 0 radical (unpaired) electrons. The van der Waals surface area contributed by atoms with Crippen molar-refractivity contribution >= 4 is 0 Å². The van der Waals surface area contributed by atoms with Crippen LogP contribution in [0.2, 0.25) is 0 Å². The molecule has 3 aromatic rings. The molecule has 1 unspecified atom stereocenters. The molecule has 0 bridgehead atoms. The van der Waals surface area contributed by atoms with Crippen LogP contribution in [0.25, 0.3) is 5.69 Å². The lowest BCUT2D eigenvalue weighted by Crippen LogP contribution is -2.36. The van der Waals surface area contributed by atoms with Crippen molar-refractivity contribution in [1.29, 1.82) is 0 Å². The van der Waals surface area contributed by atoms with Crippen LogP contribution >= 0.6 is 0 Å². The molecule has 1 fully saturated rings. The van der Waals surface area contributed by atoms with E-state index < -0.39 is 6.10 Å². The summed E-state index contributed by atoms with van der Waals surface area (Å²) in [7, 11) is 0. The van der Waals surface area contributed by atoms with Gasteiger partial charge in [-0.05, 0) is 82.1 Å². The molecule has 2 aromatic carbocycles. The lowest BCUT2D eigenvalue weighted by atomic mass is 10.2. The van der Waals surface area contributed by atoms with Crippen LogP contribution in [0.15, 0.2) is 48.5 Å². The van der Waals surface area contributed by atoms with Gasteiger partial charge in [0.25, 0.3) is 0 Å². The van der Waals surface area contributed by atoms with E-state index in [1.807, 2.05) is 20.8 Å². The van der Waals surface area contributed by atoms with Crippen molar-refractivity contribution < 1.29 is 23.4 Å². The first-order chi connectivity index (χ1) is 16.3. The monoisotopic (exact) mass is 471 g/mol. The number of hydrogen-bond donors (Lipinski definition) is 1. The number of aliphatic hydroxyl groups excluding tert-OH is 1. The first kappa shape index (κ1) is 24.3. The Morgan fingerprint density at radius 3 is 2.26 bits per heavy atom. The third-order valence-electron chi connectivity index (χ3n) is 5.73. The molecule has 8 heteroatoms. The number of rotatable bonds is 11. The Morgan fingerprint density at radius 1 is 1.06 bits per heavy atom. The average Bonchev–Trinajstić information content (AvgIpc) is 3.61. The number of halogens is 2. The Labute approximate surface area is 198 Å². The minimum atomic E-state index is -0.614. The second kappa shape index (κ2) is 10.6. The van der Waals surface area contributed by atoms with Crippen molar-refractivity contribution in [2.24, 2.45) is 0 Å². The topological polar surface area (TPSA) is 59.8 Å². The Hall–Kier alpha value is -2.81. The van der Waals surface area contributed by atoms with Gasteiger partial charge in [0.15, 0.2) is 0 Å². The number of ether oxygens (including phenoxy) is 2. The number of aromatic nitrogens is 2. The van der Waals surface area contributed by atoms with Crippen molar-refractivity contribution in [3.63, 3.8) is 0 Å². The normalized spacial score (nSPS) is 14.7. The number of aryl methyl sites for hydroxylation is 1. The number of nitrogens with zero attached hydrogens (tertiary/aromatic N) is 3. The zero-order chi connectivity index (χ0) is 24.2. The van der Waals surface area contributed by atoms with E-state index >= 15 is 0 Å². The summed E-state index contributed by atoms with van der Waals surface area (Å²) in [5, 5.41) is 15.2. The summed E-state index contributed by atoms with van der Waals surface area (Å²) in [4.78, 5) is 2.23. The molecule has 0 spiro atoms. The molecule has 0 aliphatic heterocycles. The van der Waals surface area contributed by atoms with Gasteiger partial charge in [-0.15, -0.1) is 0 Å². The van der Waals surface area contributed by atoms with E-state index in [1.165, 1.54) is 24.3 Å². The van der Waals surface area contributed by atoms with Gasteiger partial charge < -0.3 is 14.6 Å². The van der Waals surface area contributed by atoms with Crippen LogP contribution in [0, 0.1) is 18.6 Å². The number of benzene rings is 2. The van der Waals surface area contributed by atoms with E-state index in [0.29, 0.717) is 36.4 Å². The maximum absolute atomic E-state index is 13.5. The zero-order valence-corrected chi connectivity index (χ0v) is 19.7. The van der Waals surface area contributed by atoms with Crippen molar-refractivity contribution in [2.75, 3.05) is 13.2 Å². The predicted molar refractivity (Wildman–Crippen MR) is 125 cm³/mol. The summed E-state index contributed by atoms with van der Waals surface area (Å²) in [6, 6.07) is 12.2. The Balaban J connectivity index is 1.64. The van der Waals surface area contributed by atoms with Gasteiger partial charge in [-0.2, -0.15) is 5.10 Å². The minimum Gasteiger partial charge on any atom is -0.439 e. The van der Waals surface area contributed by atoms with Crippen molar-refractivity contribution in [3.8, 4) is 17.3 Å². The molecule has 1 saturated carbocycles. The third-order valence-corrected chi connectivity index (χ3v) is 5.73. The molecule has 1 aliphatic rings.